The molecule has 0 radical (unpaired) electrons. The summed E-state index contributed by atoms with van der Waals surface area (Å²) in [7, 11) is -1.97. The second-order valence-corrected chi connectivity index (χ2v) is 8.78. The Kier molecular flexibility index (Phi) is 7.13. The van der Waals surface area contributed by atoms with E-state index in [2.05, 4.69) is 5.32 Å². The number of hydrogen-bond acceptors (Lipinski definition) is 4. The van der Waals surface area contributed by atoms with E-state index in [0.29, 0.717) is 10.7 Å². The molecule has 0 aliphatic carbocycles. The third-order valence-electron chi connectivity index (χ3n) is 4.03. The summed E-state index contributed by atoms with van der Waals surface area (Å²) in [6.07, 6.45) is 0. The fourth-order valence-corrected chi connectivity index (χ4v) is 3.47. The van der Waals surface area contributed by atoms with Crippen LogP contribution >= 0.6 is 34.8 Å². The minimum atomic E-state index is -3.74. The zero-order valence-electron chi connectivity index (χ0n) is 14.5. The molecule has 3 N–H and O–H groups in total. The molecule has 0 heterocycles. The van der Waals surface area contributed by atoms with Crippen LogP contribution in [-0.4, -0.2) is 32.8 Å². The number of hydrogen-bond donors (Lipinski definition) is 2. The topological polar surface area (TPSA) is 92.5 Å². The number of anilines is 1. The lowest BCUT2D eigenvalue weighted by molar-refractivity contribution is -0.117. The zero-order chi connectivity index (χ0) is 20.4. The van der Waals surface area contributed by atoms with Crippen molar-refractivity contribution in [3.8, 4) is 0 Å². The average Bonchev–Trinajstić information content (AvgIpc) is 2.58. The van der Waals surface area contributed by atoms with Gasteiger partial charge in [-0.2, -0.15) is 0 Å². The lowest BCUT2D eigenvalue weighted by Gasteiger charge is -2.24. The molecule has 10 heteroatoms. The maximum Gasteiger partial charge on any atom is 0.238 e. The number of carbonyl (C=O) groups is 1. The number of carbonyl (C=O) groups excluding carboxylic acids is 1. The van der Waals surface area contributed by atoms with Crippen molar-refractivity contribution in [3.63, 3.8) is 0 Å². The Morgan fingerprint density at radius 1 is 1.11 bits per heavy atom. The lowest BCUT2D eigenvalue weighted by atomic mass is 10.1. The normalized spacial score (nSPS) is 12.9. The van der Waals surface area contributed by atoms with Crippen molar-refractivity contribution in [1.29, 1.82) is 0 Å². The first-order valence-electron chi connectivity index (χ1n) is 7.76. The van der Waals surface area contributed by atoms with Crippen LogP contribution in [0, 0.1) is 0 Å². The Hall–Kier alpha value is -1.35. The van der Waals surface area contributed by atoms with Crippen LogP contribution in [0.1, 0.15) is 18.5 Å². The molecular formula is C17H18Cl3N3O3S. The van der Waals surface area contributed by atoms with Gasteiger partial charge < -0.3 is 5.32 Å². The predicted molar refractivity (Wildman–Crippen MR) is 109 cm³/mol. The van der Waals surface area contributed by atoms with Gasteiger partial charge in [0.25, 0.3) is 0 Å². The largest absolute Gasteiger partial charge is 0.324 e. The summed E-state index contributed by atoms with van der Waals surface area (Å²) in [6, 6.07) is 8.99. The van der Waals surface area contributed by atoms with Gasteiger partial charge in [0.2, 0.25) is 15.9 Å². The molecule has 2 aromatic carbocycles. The van der Waals surface area contributed by atoms with Gasteiger partial charge >= 0.3 is 0 Å². The van der Waals surface area contributed by atoms with Crippen molar-refractivity contribution in [3.05, 3.63) is 57.0 Å². The van der Waals surface area contributed by atoms with E-state index in [1.165, 1.54) is 24.3 Å². The Balaban J connectivity index is 2.04. The molecular weight excluding hydrogens is 433 g/mol. The molecule has 0 aliphatic heterocycles. The number of primary sulfonamides is 1. The summed E-state index contributed by atoms with van der Waals surface area (Å²) in [5, 5.41) is 8.66. The second kappa shape index (κ2) is 8.77. The minimum Gasteiger partial charge on any atom is -0.324 e. The fraction of sp³-hybridized carbons (Fsp3) is 0.235. The van der Waals surface area contributed by atoms with Gasteiger partial charge in [-0.3, -0.25) is 9.69 Å². The van der Waals surface area contributed by atoms with Crippen molar-refractivity contribution in [2.45, 2.75) is 17.9 Å². The maximum atomic E-state index is 12.3. The molecule has 6 nitrogen and oxygen atoms in total. The van der Waals surface area contributed by atoms with Crippen LogP contribution < -0.4 is 10.5 Å². The van der Waals surface area contributed by atoms with Crippen molar-refractivity contribution < 1.29 is 13.2 Å². The quantitative estimate of drug-likeness (QED) is 0.652. The molecule has 0 spiro atoms. The smallest absolute Gasteiger partial charge is 0.238 e. The van der Waals surface area contributed by atoms with Crippen LogP contribution in [0.25, 0.3) is 0 Å². The Bertz CT molecular complexity index is 950. The third-order valence-corrected chi connectivity index (χ3v) is 5.99. The highest BCUT2D eigenvalue weighted by Gasteiger charge is 2.17. The molecule has 2 rings (SSSR count). The molecule has 0 bridgehead atoms. The first-order valence-corrected chi connectivity index (χ1v) is 10.4. The van der Waals surface area contributed by atoms with Crippen LogP contribution in [0.2, 0.25) is 15.1 Å². The lowest BCUT2D eigenvalue weighted by Crippen LogP contribution is -2.32. The first-order chi connectivity index (χ1) is 12.5. The molecule has 0 aliphatic rings. The minimum absolute atomic E-state index is 0.0353. The Labute approximate surface area is 173 Å². The molecule has 1 atom stereocenters. The fourth-order valence-electron chi connectivity index (χ4n) is 2.36. The van der Waals surface area contributed by atoms with Crippen molar-refractivity contribution in [1.82, 2.24) is 4.90 Å². The van der Waals surface area contributed by atoms with Crippen LogP contribution in [0.5, 0.6) is 0 Å². The molecule has 2 aromatic rings. The molecule has 27 heavy (non-hydrogen) atoms. The number of nitrogens with zero attached hydrogens (tertiary/aromatic N) is 1. The standard InChI is InChI=1S/C17H18Cl3N3O3S/c1-10(11-3-5-12(6-4-11)27(21,25)26)23(2)9-17(24)22-16-8-14(19)13(18)7-15(16)20/h3-8,10H,9H2,1-2H3,(H,22,24)(H2,21,25,26). The van der Waals surface area contributed by atoms with Gasteiger partial charge in [0.1, 0.15) is 0 Å². The monoisotopic (exact) mass is 449 g/mol. The van der Waals surface area contributed by atoms with Gasteiger partial charge in [0, 0.05) is 6.04 Å². The predicted octanol–water partition coefficient (Wildman–Crippen LogP) is 3.93. The van der Waals surface area contributed by atoms with E-state index in [-0.39, 0.29) is 33.4 Å². The van der Waals surface area contributed by atoms with Gasteiger partial charge in [-0.1, -0.05) is 46.9 Å². The molecule has 0 aromatic heterocycles. The van der Waals surface area contributed by atoms with Crippen molar-refractivity contribution in [2.24, 2.45) is 5.14 Å². The first kappa shape index (κ1) is 21.9. The van der Waals surface area contributed by atoms with E-state index in [1.807, 2.05) is 6.92 Å². The van der Waals surface area contributed by atoms with E-state index in [9.17, 15) is 13.2 Å². The Morgan fingerprint density at radius 3 is 2.22 bits per heavy atom. The van der Waals surface area contributed by atoms with E-state index in [0.717, 1.165) is 5.56 Å². The van der Waals surface area contributed by atoms with Crippen LogP contribution in [-0.2, 0) is 14.8 Å². The highest BCUT2D eigenvalue weighted by atomic mass is 35.5. The number of sulfonamides is 1. The summed E-state index contributed by atoms with van der Waals surface area (Å²) >= 11 is 17.9. The summed E-state index contributed by atoms with van der Waals surface area (Å²) in [6.45, 7) is 1.97. The highest BCUT2D eigenvalue weighted by molar-refractivity contribution is 7.89. The molecule has 1 unspecified atom stereocenters. The SMILES string of the molecule is CC(c1ccc(S(N)(=O)=O)cc1)N(C)CC(=O)Nc1cc(Cl)c(Cl)cc1Cl. The Morgan fingerprint density at radius 2 is 1.67 bits per heavy atom. The molecule has 0 saturated carbocycles. The number of benzene rings is 2. The van der Waals surface area contributed by atoms with Crippen molar-refractivity contribution in [2.75, 3.05) is 18.9 Å². The summed E-state index contributed by atoms with van der Waals surface area (Å²) in [5.74, 6) is -0.286. The average molecular weight is 451 g/mol. The highest BCUT2D eigenvalue weighted by Crippen LogP contribution is 2.32. The number of nitrogens with one attached hydrogen (secondary N) is 1. The number of amides is 1. The van der Waals surface area contributed by atoms with Gasteiger partial charge in [-0.05, 0) is 43.8 Å². The number of likely N-dealkylation sites (N-methyl/N-ethyl adjacent to an activating group) is 1. The maximum absolute atomic E-state index is 12.3. The van der Waals surface area contributed by atoms with Gasteiger partial charge in [-0.15, -0.1) is 0 Å². The van der Waals surface area contributed by atoms with E-state index in [4.69, 9.17) is 39.9 Å². The van der Waals surface area contributed by atoms with Gasteiger partial charge in [0.05, 0.1) is 32.2 Å². The summed E-state index contributed by atoms with van der Waals surface area (Å²) in [4.78, 5) is 14.1. The molecule has 1 amide bonds. The van der Waals surface area contributed by atoms with Gasteiger partial charge in [-0.25, -0.2) is 13.6 Å². The number of nitrogens with two attached hydrogens (primary N) is 1. The molecule has 0 saturated heterocycles. The summed E-state index contributed by atoms with van der Waals surface area (Å²) < 4.78 is 22.7. The van der Waals surface area contributed by atoms with Crippen molar-refractivity contribution >= 4 is 56.4 Å². The number of halogens is 3. The van der Waals surface area contributed by atoms with Crippen LogP contribution in [0.3, 0.4) is 0 Å². The van der Waals surface area contributed by atoms with E-state index < -0.39 is 10.0 Å². The second-order valence-electron chi connectivity index (χ2n) is 6.00. The molecule has 0 fully saturated rings. The number of rotatable bonds is 6. The molecule has 146 valence electrons. The van der Waals surface area contributed by atoms with E-state index >= 15 is 0 Å². The van der Waals surface area contributed by atoms with Gasteiger partial charge in [0.15, 0.2) is 0 Å². The zero-order valence-corrected chi connectivity index (χ0v) is 17.6. The van der Waals surface area contributed by atoms with Crippen LogP contribution in [0.4, 0.5) is 5.69 Å². The van der Waals surface area contributed by atoms with Crippen LogP contribution in [0.15, 0.2) is 41.3 Å². The third kappa shape index (κ3) is 5.81. The van der Waals surface area contributed by atoms with E-state index in [1.54, 1.807) is 24.1 Å². The summed E-state index contributed by atoms with van der Waals surface area (Å²) in [5.41, 5.74) is 1.21.